The summed E-state index contributed by atoms with van der Waals surface area (Å²) in [6, 6.07) is 101. The zero-order chi connectivity index (χ0) is 45.2. The first-order chi connectivity index (χ1) is 33.8. The minimum Gasteiger partial charge on any atom is -0.310 e. The average molecular weight is 867 g/mol. The summed E-state index contributed by atoms with van der Waals surface area (Å²) in [5.41, 5.74) is 21.0. The number of fused-ring (bicyclic) bond motifs is 3. The summed E-state index contributed by atoms with van der Waals surface area (Å²) in [6.45, 7) is 0. The standard InChI is InChI=1S/C66H46N2/c1-4-20-47(21-5-1)51-24-18-25-52(46-51)48-38-42-54(43-39-48)67(63-35-16-14-32-61(63)60-31-13-12-30-59(60)58-29-11-10-28-56(58)49-22-6-2-7-23-49)55-44-40-50(41-45-55)57-34-19-37-65-66(57)62-33-15-17-36-64(62)68(65)53-26-8-3-9-27-53/h1-46H. The van der Waals surface area contributed by atoms with Gasteiger partial charge in [0.05, 0.1) is 16.7 Å². The van der Waals surface area contributed by atoms with Crippen molar-refractivity contribution < 1.29 is 0 Å². The van der Waals surface area contributed by atoms with Crippen LogP contribution < -0.4 is 4.90 Å². The summed E-state index contributed by atoms with van der Waals surface area (Å²) < 4.78 is 2.39. The fourth-order valence-electron chi connectivity index (χ4n) is 10.1. The quantitative estimate of drug-likeness (QED) is 0.133. The highest BCUT2D eigenvalue weighted by Crippen LogP contribution is 2.46. The molecule has 0 unspecified atom stereocenters. The summed E-state index contributed by atoms with van der Waals surface area (Å²) in [5, 5.41) is 2.49. The fraction of sp³-hybridized carbons (Fsp3) is 0. The zero-order valence-corrected chi connectivity index (χ0v) is 37.5. The molecule has 0 saturated heterocycles. The second-order valence-electron chi connectivity index (χ2n) is 17.2. The molecule has 2 heteroatoms. The molecule has 0 bridgehead atoms. The maximum atomic E-state index is 2.42. The van der Waals surface area contributed by atoms with Gasteiger partial charge in [0.2, 0.25) is 0 Å². The van der Waals surface area contributed by atoms with E-state index in [9.17, 15) is 0 Å². The number of hydrogen-bond donors (Lipinski definition) is 0. The maximum Gasteiger partial charge on any atom is 0.0547 e. The van der Waals surface area contributed by atoms with Crippen molar-refractivity contribution in [2.45, 2.75) is 0 Å². The topological polar surface area (TPSA) is 8.17 Å². The summed E-state index contributed by atoms with van der Waals surface area (Å²) >= 11 is 0. The number of hydrogen-bond acceptors (Lipinski definition) is 1. The Morgan fingerprint density at radius 1 is 0.250 bits per heavy atom. The van der Waals surface area contributed by atoms with Gasteiger partial charge >= 0.3 is 0 Å². The van der Waals surface area contributed by atoms with Gasteiger partial charge in [-0.1, -0.05) is 218 Å². The SMILES string of the molecule is c1ccc(-c2cccc(-c3ccc(N(c4ccc(-c5cccc6c5c5ccccc5n6-c5ccccc5)cc4)c4ccccc4-c4ccccc4-c4ccccc4-c4ccccc4)cc3)c2)cc1. The molecular formula is C66H46N2. The first-order valence-electron chi connectivity index (χ1n) is 23.3. The Balaban J connectivity index is 1.00. The highest BCUT2D eigenvalue weighted by Gasteiger charge is 2.22. The Hall–Kier alpha value is -8.98. The molecule has 12 aromatic rings. The van der Waals surface area contributed by atoms with Crippen LogP contribution >= 0.6 is 0 Å². The van der Waals surface area contributed by atoms with Crippen LogP contribution in [0.1, 0.15) is 0 Å². The van der Waals surface area contributed by atoms with Crippen molar-refractivity contribution in [3.05, 3.63) is 279 Å². The Kier molecular flexibility index (Phi) is 10.6. The Morgan fingerprint density at radius 3 is 1.32 bits per heavy atom. The molecule has 0 atom stereocenters. The molecule has 0 spiro atoms. The zero-order valence-electron chi connectivity index (χ0n) is 37.5. The molecule has 68 heavy (non-hydrogen) atoms. The van der Waals surface area contributed by atoms with Gasteiger partial charge in [-0.15, -0.1) is 0 Å². The molecule has 0 aliphatic rings. The second-order valence-corrected chi connectivity index (χ2v) is 17.2. The van der Waals surface area contributed by atoms with E-state index in [2.05, 4.69) is 289 Å². The summed E-state index contributed by atoms with van der Waals surface area (Å²) in [5.74, 6) is 0. The van der Waals surface area contributed by atoms with Crippen molar-refractivity contribution >= 4 is 38.9 Å². The molecule has 1 heterocycles. The second kappa shape index (κ2) is 17.8. The van der Waals surface area contributed by atoms with Crippen molar-refractivity contribution in [3.63, 3.8) is 0 Å². The summed E-state index contributed by atoms with van der Waals surface area (Å²) in [7, 11) is 0. The number of benzene rings is 11. The van der Waals surface area contributed by atoms with Crippen LogP contribution in [0.3, 0.4) is 0 Å². The van der Waals surface area contributed by atoms with Crippen LogP contribution in [0.15, 0.2) is 279 Å². The molecule has 0 N–H and O–H groups in total. The van der Waals surface area contributed by atoms with Gasteiger partial charge in [0.15, 0.2) is 0 Å². The van der Waals surface area contributed by atoms with E-state index < -0.39 is 0 Å². The molecule has 0 saturated carbocycles. The number of rotatable bonds is 10. The number of para-hydroxylation sites is 3. The maximum absolute atomic E-state index is 2.42. The third kappa shape index (κ3) is 7.45. The summed E-state index contributed by atoms with van der Waals surface area (Å²) in [6.07, 6.45) is 0. The lowest BCUT2D eigenvalue weighted by Gasteiger charge is -2.29. The molecule has 11 aromatic carbocycles. The van der Waals surface area contributed by atoms with Crippen LogP contribution in [0.2, 0.25) is 0 Å². The smallest absolute Gasteiger partial charge is 0.0547 e. The molecular weight excluding hydrogens is 821 g/mol. The lowest BCUT2D eigenvalue weighted by Crippen LogP contribution is -2.11. The van der Waals surface area contributed by atoms with E-state index >= 15 is 0 Å². The van der Waals surface area contributed by atoms with E-state index in [-0.39, 0.29) is 0 Å². The Bertz CT molecular complexity index is 3700. The van der Waals surface area contributed by atoms with E-state index in [4.69, 9.17) is 0 Å². The van der Waals surface area contributed by atoms with E-state index in [1.54, 1.807) is 0 Å². The summed E-state index contributed by atoms with van der Waals surface area (Å²) in [4.78, 5) is 2.42. The van der Waals surface area contributed by atoms with Crippen molar-refractivity contribution in [1.82, 2.24) is 4.57 Å². The van der Waals surface area contributed by atoms with E-state index in [1.165, 1.54) is 83.0 Å². The molecule has 1 aromatic heterocycles. The first kappa shape index (κ1) is 40.5. The predicted octanol–water partition coefficient (Wildman–Crippen LogP) is 18.3. The van der Waals surface area contributed by atoms with E-state index in [1.807, 2.05) is 0 Å². The van der Waals surface area contributed by atoms with Crippen LogP contribution in [-0.4, -0.2) is 4.57 Å². The normalized spacial score (nSPS) is 11.2. The highest BCUT2D eigenvalue weighted by atomic mass is 15.1. The van der Waals surface area contributed by atoms with Crippen molar-refractivity contribution in [1.29, 1.82) is 0 Å². The number of aromatic nitrogens is 1. The minimum absolute atomic E-state index is 1.07. The first-order valence-corrected chi connectivity index (χ1v) is 23.3. The van der Waals surface area contributed by atoms with Gasteiger partial charge in [-0.25, -0.2) is 0 Å². The van der Waals surface area contributed by atoms with Crippen LogP contribution in [0.5, 0.6) is 0 Å². The predicted molar refractivity (Wildman–Crippen MR) is 288 cm³/mol. The fourth-order valence-corrected chi connectivity index (χ4v) is 10.1. The van der Waals surface area contributed by atoms with Crippen LogP contribution in [0.25, 0.3) is 94.3 Å². The van der Waals surface area contributed by atoms with Gasteiger partial charge < -0.3 is 9.47 Å². The number of anilines is 3. The molecule has 12 rings (SSSR count). The monoisotopic (exact) mass is 866 g/mol. The van der Waals surface area contributed by atoms with Gasteiger partial charge in [-0.05, 0) is 122 Å². The van der Waals surface area contributed by atoms with Crippen molar-refractivity contribution in [2.24, 2.45) is 0 Å². The minimum atomic E-state index is 1.07. The third-order valence-corrected chi connectivity index (χ3v) is 13.2. The van der Waals surface area contributed by atoms with Crippen LogP contribution in [0.4, 0.5) is 17.1 Å². The van der Waals surface area contributed by atoms with Gasteiger partial charge in [-0.3, -0.25) is 0 Å². The van der Waals surface area contributed by atoms with Crippen molar-refractivity contribution in [3.8, 4) is 72.4 Å². The van der Waals surface area contributed by atoms with Gasteiger partial charge in [0, 0.05) is 33.4 Å². The molecule has 2 nitrogen and oxygen atoms in total. The van der Waals surface area contributed by atoms with Crippen LogP contribution in [-0.2, 0) is 0 Å². The largest absolute Gasteiger partial charge is 0.310 e. The van der Waals surface area contributed by atoms with Gasteiger partial charge in [-0.2, -0.15) is 0 Å². The molecule has 0 aliphatic carbocycles. The molecule has 0 amide bonds. The highest BCUT2D eigenvalue weighted by molar-refractivity contribution is 6.16. The lowest BCUT2D eigenvalue weighted by molar-refractivity contribution is 1.18. The Morgan fingerprint density at radius 2 is 0.662 bits per heavy atom. The molecule has 0 aliphatic heterocycles. The molecule has 0 fully saturated rings. The van der Waals surface area contributed by atoms with E-state index in [0.717, 1.165) is 28.3 Å². The van der Waals surface area contributed by atoms with Crippen molar-refractivity contribution in [2.75, 3.05) is 4.90 Å². The molecule has 320 valence electrons. The van der Waals surface area contributed by atoms with Crippen LogP contribution in [0, 0.1) is 0 Å². The van der Waals surface area contributed by atoms with Gasteiger partial charge in [0.1, 0.15) is 0 Å². The number of nitrogens with zero attached hydrogens (tertiary/aromatic N) is 2. The van der Waals surface area contributed by atoms with Gasteiger partial charge in [0.25, 0.3) is 0 Å². The Labute approximate surface area is 397 Å². The lowest BCUT2D eigenvalue weighted by atomic mass is 9.88. The third-order valence-electron chi connectivity index (χ3n) is 13.2. The molecule has 0 radical (unpaired) electrons. The average Bonchev–Trinajstić information content (AvgIpc) is 3.77. The van der Waals surface area contributed by atoms with E-state index in [0.29, 0.717) is 0 Å².